The smallest absolute Gasteiger partial charge is 0.349 e. The van der Waals surface area contributed by atoms with E-state index in [0.717, 1.165) is 28.0 Å². The molecule has 0 saturated carbocycles. The van der Waals surface area contributed by atoms with Gasteiger partial charge in [0.1, 0.15) is 16.8 Å². The van der Waals surface area contributed by atoms with Crippen LogP contribution in [-0.2, 0) is 0 Å². The van der Waals surface area contributed by atoms with E-state index in [4.69, 9.17) is 4.42 Å². The minimum atomic E-state index is -0.666. The highest BCUT2D eigenvalue weighted by Crippen LogP contribution is 2.34. The first kappa shape index (κ1) is 18.3. The standard InChI is InChI=1S/C26H16N3O3/c30-25(21-14-18-6-4-8-20(16-10-11-16)24(18)32-26(21)31)27-19-7-3-5-17(13-19)22-15-29-12-2-1-9-23(29)28-22/h1-15H,(H,27,30). The molecule has 1 aliphatic rings. The van der Waals surface area contributed by atoms with Crippen molar-refractivity contribution in [3.63, 3.8) is 0 Å². The van der Waals surface area contributed by atoms with E-state index in [1.54, 1.807) is 12.1 Å². The Balaban J connectivity index is 1.32. The number of aromatic nitrogens is 2. The first-order valence-electron chi connectivity index (χ1n) is 10.1. The molecule has 5 aromatic rings. The normalized spacial score (nSPS) is 12.7. The molecule has 6 nitrogen and oxygen atoms in total. The van der Waals surface area contributed by atoms with Crippen molar-refractivity contribution in [1.82, 2.24) is 9.38 Å². The number of nitrogens with one attached hydrogen (secondary N) is 1. The van der Waals surface area contributed by atoms with Crippen LogP contribution in [0.4, 0.5) is 5.69 Å². The molecular weight excluding hydrogens is 402 g/mol. The van der Waals surface area contributed by atoms with Gasteiger partial charge in [0.15, 0.2) is 0 Å². The molecule has 2 aromatic carbocycles. The molecule has 0 unspecified atom stereocenters. The third-order valence-electron chi connectivity index (χ3n) is 5.43. The highest BCUT2D eigenvalue weighted by atomic mass is 16.4. The lowest BCUT2D eigenvalue weighted by atomic mass is 10.1. The summed E-state index contributed by atoms with van der Waals surface area (Å²) in [4.78, 5) is 30.1. The van der Waals surface area contributed by atoms with Crippen molar-refractivity contribution in [3.8, 4) is 11.3 Å². The van der Waals surface area contributed by atoms with Crippen LogP contribution in [0.5, 0.6) is 0 Å². The van der Waals surface area contributed by atoms with Crippen molar-refractivity contribution in [2.45, 2.75) is 0 Å². The van der Waals surface area contributed by atoms with Crippen molar-refractivity contribution in [3.05, 3.63) is 113 Å². The summed E-state index contributed by atoms with van der Waals surface area (Å²) in [5.41, 5.74) is 4.71. The minimum absolute atomic E-state index is 0.0402. The van der Waals surface area contributed by atoms with Crippen molar-refractivity contribution in [2.75, 3.05) is 5.32 Å². The first-order chi connectivity index (χ1) is 15.7. The Morgan fingerprint density at radius 1 is 1.00 bits per heavy atom. The highest BCUT2D eigenvalue weighted by Gasteiger charge is 2.19. The number of allylic oxidation sites excluding steroid dienone is 2. The van der Waals surface area contributed by atoms with Gasteiger partial charge >= 0.3 is 5.63 Å². The number of para-hydroxylation sites is 1. The molecule has 0 fully saturated rings. The zero-order valence-corrected chi connectivity index (χ0v) is 16.8. The lowest BCUT2D eigenvalue weighted by Gasteiger charge is -2.08. The van der Waals surface area contributed by atoms with Gasteiger partial charge in [-0.15, -0.1) is 0 Å². The van der Waals surface area contributed by atoms with Crippen molar-refractivity contribution >= 4 is 33.8 Å². The fraction of sp³-hybridized carbons (Fsp3) is 0. The van der Waals surface area contributed by atoms with Crippen LogP contribution in [0.15, 0.2) is 94.4 Å². The number of hydrogen-bond acceptors (Lipinski definition) is 4. The monoisotopic (exact) mass is 418 g/mol. The third-order valence-corrected chi connectivity index (χ3v) is 5.43. The van der Waals surface area contributed by atoms with Crippen LogP contribution < -0.4 is 10.9 Å². The number of amides is 1. The Kier molecular flexibility index (Phi) is 4.04. The predicted octanol–water partition coefficient (Wildman–Crippen LogP) is 4.96. The molecule has 1 amide bonds. The quantitative estimate of drug-likeness (QED) is 0.419. The van der Waals surface area contributed by atoms with E-state index in [1.165, 1.54) is 0 Å². The van der Waals surface area contributed by atoms with Crippen LogP contribution in [0, 0.1) is 6.42 Å². The molecule has 1 N–H and O–H groups in total. The van der Waals surface area contributed by atoms with Crippen LogP contribution in [0.2, 0.25) is 0 Å². The number of carbonyl (C=O) groups excluding carboxylic acids is 1. The lowest BCUT2D eigenvalue weighted by molar-refractivity contribution is 0.102. The lowest BCUT2D eigenvalue weighted by Crippen LogP contribution is -2.20. The molecule has 0 saturated heterocycles. The van der Waals surface area contributed by atoms with Crippen molar-refractivity contribution in [1.29, 1.82) is 0 Å². The molecule has 3 heterocycles. The largest absolute Gasteiger partial charge is 0.421 e. The van der Waals surface area contributed by atoms with Gasteiger partial charge in [0, 0.05) is 41.0 Å². The molecule has 1 radical (unpaired) electrons. The van der Waals surface area contributed by atoms with E-state index in [0.29, 0.717) is 16.7 Å². The number of hydrogen-bond donors (Lipinski definition) is 1. The summed E-state index contributed by atoms with van der Waals surface area (Å²) < 4.78 is 7.46. The Morgan fingerprint density at radius 2 is 1.88 bits per heavy atom. The second-order valence-electron chi connectivity index (χ2n) is 7.59. The van der Waals surface area contributed by atoms with Gasteiger partial charge in [0.25, 0.3) is 5.91 Å². The number of nitrogens with zero attached hydrogens (tertiary/aromatic N) is 2. The number of fused-ring (bicyclic) bond motifs is 2. The molecule has 153 valence electrons. The zero-order chi connectivity index (χ0) is 21.7. The number of imidazole rings is 1. The van der Waals surface area contributed by atoms with Crippen molar-refractivity contribution in [2.24, 2.45) is 0 Å². The molecule has 3 aromatic heterocycles. The molecular formula is C26H16N3O3. The summed E-state index contributed by atoms with van der Waals surface area (Å²) in [5, 5.41) is 3.51. The van der Waals surface area contributed by atoms with Gasteiger partial charge in [-0.2, -0.15) is 0 Å². The molecule has 0 bridgehead atoms. The van der Waals surface area contributed by atoms with Gasteiger partial charge in [-0.05, 0) is 35.9 Å². The number of rotatable bonds is 4. The maximum atomic E-state index is 12.9. The molecule has 6 heteroatoms. The Hall–Kier alpha value is -4.45. The second-order valence-corrected chi connectivity index (χ2v) is 7.59. The average molecular weight is 418 g/mol. The predicted molar refractivity (Wildman–Crippen MR) is 123 cm³/mol. The van der Waals surface area contributed by atoms with E-state index in [9.17, 15) is 9.59 Å². The minimum Gasteiger partial charge on any atom is -0.421 e. The molecule has 0 atom stereocenters. The van der Waals surface area contributed by atoms with Gasteiger partial charge < -0.3 is 14.1 Å². The van der Waals surface area contributed by atoms with E-state index in [1.807, 2.05) is 83.9 Å². The summed E-state index contributed by atoms with van der Waals surface area (Å²) in [6, 6.07) is 20.3. The van der Waals surface area contributed by atoms with Gasteiger partial charge in [-0.1, -0.05) is 42.5 Å². The topological polar surface area (TPSA) is 76.6 Å². The number of anilines is 1. The van der Waals surface area contributed by atoms with Gasteiger partial charge in [0.05, 0.1) is 5.69 Å². The highest BCUT2D eigenvalue weighted by molar-refractivity contribution is 6.06. The molecule has 6 rings (SSSR count). The molecule has 32 heavy (non-hydrogen) atoms. The first-order valence-corrected chi connectivity index (χ1v) is 10.1. The summed E-state index contributed by atoms with van der Waals surface area (Å²) in [5.74, 6) is -0.518. The fourth-order valence-electron chi connectivity index (χ4n) is 3.78. The number of pyridine rings is 1. The summed E-state index contributed by atoms with van der Waals surface area (Å²) in [6.07, 6.45) is 7.76. The maximum absolute atomic E-state index is 12.9. The third kappa shape index (κ3) is 3.18. The Morgan fingerprint density at radius 3 is 2.72 bits per heavy atom. The summed E-state index contributed by atoms with van der Waals surface area (Å²) >= 11 is 0. The number of benzene rings is 2. The Bertz CT molecular complexity index is 1590. The van der Waals surface area contributed by atoms with E-state index in [-0.39, 0.29) is 5.56 Å². The van der Waals surface area contributed by atoms with E-state index < -0.39 is 11.5 Å². The maximum Gasteiger partial charge on any atom is 0.349 e. The number of carbonyl (C=O) groups is 1. The van der Waals surface area contributed by atoms with E-state index >= 15 is 0 Å². The van der Waals surface area contributed by atoms with Crippen molar-refractivity contribution < 1.29 is 9.21 Å². The summed E-state index contributed by atoms with van der Waals surface area (Å²) in [7, 11) is 0. The van der Waals surface area contributed by atoms with Gasteiger partial charge in [-0.3, -0.25) is 4.79 Å². The second kappa shape index (κ2) is 7.06. The zero-order valence-electron chi connectivity index (χ0n) is 16.8. The van der Waals surface area contributed by atoms with Crippen LogP contribution in [0.25, 0.3) is 33.4 Å². The molecule has 0 aliphatic heterocycles. The van der Waals surface area contributed by atoms with Crippen LogP contribution in [0.1, 0.15) is 15.9 Å². The fourth-order valence-corrected chi connectivity index (χ4v) is 3.78. The summed E-state index contributed by atoms with van der Waals surface area (Å²) in [6.45, 7) is 0. The SMILES string of the molecule is O=C(Nc1cccc(-c2cn3ccccc3n2)c1)c1cc2cccc(C3=C[CH]3)c2oc1=O. The van der Waals surface area contributed by atoms with Gasteiger partial charge in [0.2, 0.25) is 0 Å². The van der Waals surface area contributed by atoms with Crippen LogP contribution in [-0.4, -0.2) is 15.3 Å². The average Bonchev–Trinajstić information content (AvgIpc) is 3.56. The van der Waals surface area contributed by atoms with Crippen LogP contribution >= 0.6 is 0 Å². The van der Waals surface area contributed by atoms with Crippen LogP contribution in [0.3, 0.4) is 0 Å². The molecule has 1 aliphatic carbocycles. The van der Waals surface area contributed by atoms with Gasteiger partial charge in [-0.25, -0.2) is 9.78 Å². The Labute approximate surface area is 182 Å². The van der Waals surface area contributed by atoms with E-state index in [2.05, 4.69) is 10.3 Å². The molecule has 0 spiro atoms.